The molecule has 1 N–H and O–H groups in total. The van der Waals surface area contributed by atoms with Gasteiger partial charge in [-0.3, -0.25) is 9.69 Å². The molecule has 0 radical (unpaired) electrons. The molecule has 0 aliphatic carbocycles. The Kier molecular flexibility index (Phi) is 4.52. The van der Waals surface area contributed by atoms with Crippen LogP contribution in [0.25, 0.3) is 10.6 Å². The summed E-state index contributed by atoms with van der Waals surface area (Å²) in [6.07, 6.45) is 0. The normalized spacial score (nSPS) is 10.9. The molecule has 2 aromatic rings. The molecule has 0 aliphatic heterocycles. The molecular formula is C13H13ClN2O2S. The molecule has 6 heteroatoms. The molecule has 0 bridgehead atoms. The van der Waals surface area contributed by atoms with E-state index >= 15 is 0 Å². The molecule has 0 atom stereocenters. The van der Waals surface area contributed by atoms with Gasteiger partial charge in [-0.05, 0) is 13.1 Å². The van der Waals surface area contributed by atoms with Crippen molar-refractivity contribution in [3.8, 4) is 10.6 Å². The molecule has 1 heterocycles. The summed E-state index contributed by atoms with van der Waals surface area (Å²) in [5.41, 5.74) is 1.75. The van der Waals surface area contributed by atoms with Gasteiger partial charge < -0.3 is 5.11 Å². The molecule has 0 saturated heterocycles. The Morgan fingerprint density at radius 3 is 2.89 bits per heavy atom. The first kappa shape index (κ1) is 14.0. The lowest BCUT2D eigenvalue weighted by atomic mass is 10.2. The van der Waals surface area contributed by atoms with E-state index in [9.17, 15) is 4.79 Å². The highest BCUT2D eigenvalue weighted by Crippen LogP contribution is 2.30. The number of hydrogen-bond donors (Lipinski definition) is 1. The Balaban J connectivity index is 2.11. The van der Waals surface area contributed by atoms with E-state index in [0.717, 1.165) is 16.3 Å². The summed E-state index contributed by atoms with van der Waals surface area (Å²) >= 11 is 7.63. The van der Waals surface area contributed by atoms with Crippen LogP contribution in [-0.2, 0) is 11.3 Å². The van der Waals surface area contributed by atoms with Crippen LogP contribution in [0.4, 0.5) is 0 Å². The van der Waals surface area contributed by atoms with Crippen LogP contribution < -0.4 is 0 Å². The zero-order valence-electron chi connectivity index (χ0n) is 10.3. The number of carboxylic acid groups (broad SMARTS) is 1. The highest BCUT2D eigenvalue weighted by molar-refractivity contribution is 7.13. The lowest BCUT2D eigenvalue weighted by Gasteiger charge is -2.11. The van der Waals surface area contributed by atoms with Crippen molar-refractivity contribution < 1.29 is 9.90 Å². The Morgan fingerprint density at radius 1 is 1.47 bits per heavy atom. The topological polar surface area (TPSA) is 53.4 Å². The van der Waals surface area contributed by atoms with Crippen LogP contribution >= 0.6 is 22.9 Å². The molecule has 100 valence electrons. The first-order valence-electron chi connectivity index (χ1n) is 5.66. The van der Waals surface area contributed by atoms with E-state index in [1.54, 1.807) is 11.9 Å². The predicted octanol–water partition coefficient (Wildman–Crippen LogP) is 2.98. The molecular weight excluding hydrogens is 284 g/mol. The minimum Gasteiger partial charge on any atom is -0.480 e. The van der Waals surface area contributed by atoms with E-state index in [2.05, 4.69) is 4.98 Å². The summed E-state index contributed by atoms with van der Waals surface area (Å²) in [4.78, 5) is 16.8. The number of aliphatic carboxylic acids is 1. The summed E-state index contributed by atoms with van der Waals surface area (Å²) in [6.45, 7) is 0.506. The van der Waals surface area contributed by atoms with E-state index in [1.807, 2.05) is 29.6 Å². The standard InChI is InChI=1S/C13H13ClN2O2S/c1-16(7-12(17)18)6-9-8-19-13(15-9)10-4-2-3-5-11(10)14/h2-5,8H,6-7H2,1H3,(H,17,18). The molecule has 19 heavy (non-hydrogen) atoms. The highest BCUT2D eigenvalue weighted by Gasteiger charge is 2.10. The van der Waals surface area contributed by atoms with Gasteiger partial charge in [-0.1, -0.05) is 29.8 Å². The van der Waals surface area contributed by atoms with Crippen LogP contribution in [0.2, 0.25) is 5.02 Å². The third-order valence-corrected chi connectivity index (χ3v) is 3.75. The maximum Gasteiger partial charge on any atom is 0.317 e. The quantitative estimate of drug-likeness (QED) is 0.921. The van der Waals surface area contributed by atoms with Crippen molar-refractivity contribution in [2.75, 3.05) is 13.6 Å². The summed E-state index contributed by atoms with van der Waals surface area (Å²) in [7, 11) is 1.75. The zero-order chi connectivity index (χ0) is 13.8. The van der Waals surface area contributed by atoms with E-state index < -0.39 is 5.97 Å². The number of rotatable bonds is 5. The van der Waals surface area contributed by atoms with E-state index in [-0.39, 0.29) is 6.54 Å². The zero-order valence-corrected chi connectivity index (χ0v) is 11.9. The van der Waals surface area contributed by atoms with Crippen molar-refractivity contribution >= 4 is 28.9 Å². The van der Waals surface area contributed by atoms with Crippen molar-refractivity contribution in [3.63, 3.8) is 0 Å². The van der Waals surface area contributed by atoms with Gasteiger partial charge in [0.25, 0.3) is 0 Å². The van der Waals surface area contributed by atoms with E-state index in [4.69, 9.17) is 16.7 Å². The second kappa shape index (κ2) is 6.14. The molecule has 4 nitrogen and oxygen atoms in total. The molecule has 2 rings (SSSR count). The van der Waals surface area contributed by atoms with E-state index in [1.165, 1.54) is 11.3 Å². The average Bonchev–Trinajstić information content (AvgIpc) is 2.76. The van der Waals surface area contributed by atoms with Crippen LogP contribution in [0.5, 0.6) is 0 Å². The lowest BCUT2D eigenvalue weighted by molar-refractivity contribution is -0.138. The first-order chi connectivity index (χ1) is 9.06. The van der Waals surface area contributed by atoms with Gasteiger partial charge in [-0.2, -0.15) is 0 Å². The van der Waals surface area contributed by atoms with Gasteiger partial charge in [0, 0.05) is 17.5 Å². The Morgan fingerprint density at radius 2 is 2.21 bits per heavy atom. The number of carboxylic acids is 1. The monoisotopic (exact) mass is 296 g/mol. The van der Waals surface area contributed by atoms with Crippen LogP contribution in [-0.4, -0.2) is 34.6 Å². The summed E-state index contributed by atoms with van der Waals surface area (Å²) in [5.74, 6) is -0.843. The summed E-state index contributed by atoms with van der Waals surface area (Å²) < 4.78 is 0. The molecule has 1 aromatic heterocycles. The van der Waals surface area contributed by atoms with E-state index in [0.29, 0.717) is 11.6 Å². The third-order valence-electron chi connectivity index (χ3n) is 2.49. The molecule has 1 aromatic carbocycles. The Labute approximate surface area is 120 Å². The molecule has 0 fully saturated rings. The minimum atomic E-state index is -0.843. The fourth-order valence-corrected chi connectivity index (χ4v) is 2.83. The summed E-state index contributed by atoms with van der Waals surface area (Å²) in [6, 6.07) is 7.54. The van der Waals surface area contributed by atoms with Crippen molar-refractivity contribution in [2.24, 2.45) is 0 Å². The first-order valence-corrected chi connectivity index (χ1v) is 6.91. The second-order valence-electron chi connectivity index (χ2n) is 4.19. The number of likely N-dealkylation sites (N-methyl/N-ethyl adjacent to an activating group) is 1. The van der Waals surface area contributed by atoms with Crippen LogP contribution in [0.15, 0.2) is 29.6 Å². The molecule has 0 saturated carbocycles. The van der Waals surface area contributed by atoms with Gasteiger partial charge in [0.2, 0.25) is 0 Å². The Hall–Kier alpha value is -1.43. The van der Waals surface area contributed by atoms with Gasteiger partial charge in [0.05, 0.1) is 17.3 Å². The number of benzene rings is 1. The van der Waals surface area contributed by atoms with Gasteiger partial charge in [-0.25, -0.2) is 4.98 Å². The average molecular weight is 297 g/mol. The fourth-order valence-electron chi connectivity index (χ4n) is 1.70. The van der Waals surface area contributed by atoms with Crippen molar-refractivity contribution in [1.82, 2.24) is 9.88 Å². The Bertz CT molecular complexity index is 586. The van der Waals surface area contributed by atoms with Crippen molar-refractivity contribution in [1.29, 1.82) is 0 Å². The number of aromatic nitrogens is 1. The van der Waals surface area contributed by atoms with Gasteiger partial charge >= 0.3 is 5.97 Å². The molecule has 0 unspecified atom stereocenters. The number of nitrogens with zero attached hydrogens (tertiary/aromatic N) is 2. The van der Waals surface area contributed by atoms with Gasteiger partial charge in [0.15, 0.2) is 0 Å². The van der Waals surface area contributed by atoms with Crippen LogP contribution in [0.3, 0.4) is 0 Å². The molecule has 0 aliphatic rings. The highest BCUT2D eigenvalue weighted by atomic mass is 35.5. The second-order valence-corrected chi connectivity index (χ2v) is 5.46. The molecule has 0 spiro atoms. The number of hydrogen-bond acceptors (Lipinski definition) is 4. The maximum absolute atomic E-state index is 10.6. The number of thiazole rings is 1. The fraction of sp³-hybridized carbons (Fsp3) is 0.231. The SMILES string of the molecule is CN(CC(=O)O)Cc1csc(-c2ccccc2Cl)n1. The number of carbonyl (C=O) groups is 1. The number of halogens is 1. The predicted molar refractivity (Wildman–Crippen MR) is 76.5 cm³/mol. The smallest absolute Gasteiger partial charge is 0.317 e. The van der Waals surface area contributed by atoms with Crippen molar-refractivity contribution in [3.05, 3.63) is 40.4 Å². The van der Waals surface area contributed by atoms with Crippen LogP contribution in [0, 0.1) is 0 Å². The third kappa shape index (κ3) is 3.76. The van der Waals surface area contributed by atoms with Crippen molar-refractivity contribution in [2.45, 2.75) is 6.54 Å². The maximum atomic E-state index is 10.6. The summed E-state index contributed by atoms with van der Waals surface area (Å²) in [5, 5.41) is 12.2. The lowest BCUT2D eigenvalue weighted by Crippen LogP contribution is -2.25. The van der Waals surface area contributed by atoms with Gasteiger partial charge in [-0.15, -0.1) is 11.3 Å². The molecule has 0 amide bonds. The van der Waals surface area contributed by atoms with Crippen LogP contribution in [0.1, 0.15) is 5.69 Å². The largest absolute Gasteiger partial charge is 0.480 e. The minimum absolute atomic E-state index is 0.00104. The van der Waals surface area contributed by atoms with Gasteiger partial charge in [0.1, 0.15) is 5.01 Å².